The van der Waals surface area contributed by atoms with E-state index in [0.29, 0.717) is 43.2 Å². The number of hydrogen-bond donors (Lipinski definition) is 0. The summed E-state index contributed by atoms with van der Waals surface area (Å²) >= 11 is 0. The van der Waals surface area contributed by atoms with Gasteiger partial charge in [0.1, 0.15) is 6.10 Å². The Balaban J connectivity index is 1.38. The molecule has 0 amide bonds. The van der Waals surface area contributed by atoms with Crippen molar-refractivity contribution in [1.82, 2.24) is 0 Å². The molecule has 0 radical (unpaired) electrons. The van der Waals surface area contributed by atoms with Gasteiger partial charge >= 0.3 is 5.97 Å². The Morgan fingerprint density at radius 3 is 2.27 bits per heavy atom. The molecule has 37 heavy (non-hydrogen) atoms. The molecule has 194 valence electrons. The maximum Gasteiger partial charge on any atom is 0.341 e. The summed E-state index contributed by atoms with van der Waals surface area (Å²) in [6.45, 7) is 5.58. The van der Waals surface area contributed by atoms with Crippen molar-refractivity contribution in [2.45, 2.75) is 51.0 Å². The predicted molar refractivity (Wildman–Crippen MR) is 134 cm³/mol. The highest BCUT2D eigenvalue weighted by molar-refractivity contribution is 5.90. The molecule has 0 aromatic heterocycles. The van der Waals surface area contributed by atoms with Gasteiger partial charge in [0.2, 0.25) is 5.82 Å². The van der Waals surface area contributed by atoms with Crippen LogP contribution in [0.5, 0.6) is 5.75 Å². The molecule has 1 aliphatic carbocycles. The van der Waals surface area contributed by atoms with Crippen LogP contribution in [0.2, 0.25) is 0 Å². The molecule has 4 rings (SSSR count). The smallest absolute Gasteiger partial charge is 0.341 e. The Morgan fingerprint density at radius 2 is 1.59 bits per heavy atom. The highest BCUT2D eigenvalue weighted by Gasteiger charge is 2.30. The van der Waals surface area contributed by atoms with Crippen LogP contribution in [-0.2, 0) is 4.74 Å². The van der Waals surface area contributed by atoms with Crippen molar-refractivity contribution in [2.24, 2.45) is 0 Å². The number of benzene rings is 3. The van der Waals surface area contributed by atoms with Crippen molar-refractivity contribution in [3.63, 3.8) is 0 Å². The fraction of sp³-hybridized carbons (Fsp3) is 0.300. The molecule has 0 unspecified atom stereocenters. The Hall–Kier alpha value is -3.61. The summed E-state index contributed by atoms with van der Waals surface area (Å²) in [4.78, 5) is 12.5. The monoisotopic (exact) mass is 512 g/mol. The van der Waals surface area contributed by atoms with Gasteiger partial charge in [0.15, 0.2) is 23.2 Å². The molecule has 3 aromatic carbocycles. The summed E-state index contributed by atoms with van der Waals surface area (Å²) < 4.78 is 69.2. The molecule has 0 spiro atoms. The highest BCUT2D eigenvalue weighted by Crippen LogP contribution is 2.38. The van der Waals surface area contributed by atoms with Crippen molar-refractivity contribution in [3.8, 4) is 16.9 Å². The van der Waals surface area contributed by atoms with Crippen LogP contribution in [0.3, 0.4) is 0 Å². The molecule has 0 atom stereocenters. The van der Waals surface area contributed by atoms with Gasteiger partial charge < -0.3 is 9.47 Å². The lowest BCUT2D eigenvalue weighted by Gasteiger charge is -2.29. The fourth-order valence-corrected chi connectivity index (χ4v) is 4.60. The van der Waals surface area contributed by atoms with Gasteiger partial charge in [-0.2, -0.15) is 4.39 Å². The number of hydrogen-bond acceptors (Lipinski definition) is 3. The Labute approximate surface area is 213 Å². The van der Waals surface area contributed by atoms with Gasteiger partial charge in [-0.3, -0.25) is 0 Å². The normalized spacial score (nSPS) is 17.3. The summed E-state index contributed by atoms with van der Waals surface area (Å²) in [6, 6.07) is 12.7. The van der Waals surface area contributed by atoms with E-state index >= 15 is 4.39 Å². The molecule has 0 bridgehead atoms. The average Bonchev–Trinajstić information content (AvgIpc) is 2.89. The van der Waals surface area contributed by atoms with Crippen molar-refractivity contribution >= 4 is 5.97 Å². The first-order chi connectivity index (χ1) is 17.8. The third kappa shape index (κ3) is 5.87. The predicted octanol–water partition coefficient (Wildman–Crippen LogP) is 8.06. The minimum atomic E-state index is -1.33. The van der Waals surface area contributed by atoms with Crippen LogP contribution in [-0.4, -0.2) is 18.7 Å². The second kappa shape index (κ2) is 11.6. The van der Waals surface area contributed by atoms with Crippen molar-refractivity contribution < 1.29 is 31.8 Å². The number of halogens is 4. The number of esters is 1. The molecule has 3 nitrogen and oxygen atoms in total. The molecule has 0 heterocycles. The quantitative estimate of drug-likeness (QED) is 0.133. The van der Waals surface area contributed by atoms with E-state index in [0.717, 1.165) is 11.6 Å². The first kappa shape index (κ1) is 26.5. The van der Waals surface area contributed by atoms with E-state index < -0.39 is 40.9 Å². The Bertz CT molecular complexity index is 1280. The molecule has 1 fully saturated rings. The number of rotatable bonds is 8. The van der Waals surface area contributed by atoms with Crippen LogP contribution in [0.4, 0.5) is 17.6 Å². The summed E-state index contributed by atoms with van der Waals surface area (Å²) in [7, 11) is 0. The summed E-state index contributed by atoms with van der Waals surface area (Å²) in [5.74, 6) is -5.85. The fourth-order valence-electron chi connectivity index (χ4n) is 4.60. The Kier molecular flexibility index (Phi) is 8.31. The van der Waals surface area contributed by atoms with Crippen LogP contribution in [0.1, 0.15) is 59.5 Å². The molecular formula is C30H28F4O3. The largest absolute Gasteiger partial charge is 0.490 e. The van der Waals surface area contributed by atoms with E-state index in [2.05, 4.69) is 6.58 Å². The van der Waals surface area contributed by atoms with Crippen molar-refractivity contribution in [1.29, 1.82) is 0 Å². The third-order valence-corrected chi connectivity index (χ3v) is 6.71. The van der Waals surface area contributed by atoms with Gasteiger partial charge in [-0.15, -0.1) is 6.58 Å². The van der Waals surface area contributed by atoms with Crippen LogP contribution in [0, 0.1) is 30.2 Å². The summed E-state index contributed by atoms with van der Waals surface area (Å²) in [5, 5.41) is 0. The molecule has 0 aliphatic heterocycles. The summed E-state index contributed by atoms with van der Waals surface area (Å²) in [6.07, 6.45) is 3.22. The van der Waals surface area contributed by atoms with Gasteiger partial charge in [0, 0.05) is 5.56 Å². The Morgan fingerprint density at radius 1 is 0.892 bits per heavy atom. The van der Waals surface area contributed by atoms with E-state index in [4.69, 9.17) is 9.47 Å². The molecule has 0 saturated heterocycles. The molecule has 3 aromatic rings. The van der Waals surface area contributed by atoms with Gasteiger partial charge in [0.25, 0.3) is 0 Å². The number of carbonyl (C=O) groups is 1. The second-order valence-electron chi connectivity index (χ2n) is 9.24. The van der Waals surface area contributed by atoms with Crippen LogP contribution in [0.25, 0.3) is 11.1 Å². The standard InChI is InChI=1S/C30H28F4O3/c1-3-4-17-36-25-16-15-24(28(33)29(25)34)30(35)37-21-11-9-20(10-12-21)23-14-13-22(26(31)27(23)32)19-7-5-18(2)6-8-19/h3,5-8,13-16,20-21H,1,4,9-12,17H2,2H3. The highest BCUT2D eigenvalue weighted by atomic mass is 19.2. The van der Waals surface area contributed by atoms with Crippen LogP contribution < -0.4 is 4.74 Å². The van der Waals surface area contributed by atoms with Crippen molar-refractivity contribution in [3.05, 3.63) is 101 Å². The third-order valence-electron chi connectivity index (χ3n) is 6.71. The molecule has 0 N–H and O–H groups in total. The van der Waals surface area contributed by atoms with Gasteiger partial charge in [-0.05, 0) is 68.2 Å². The van der Waals surface area contributed by atoms with Crippen molar-refractivity contribution in [2.75, 3.05) is 6.61 Å². The SMILES string of the molecule is C=CCCOc1ccc(C(=O)OC2CCC(c3ccc(-c4ccc(C)cc4)c(F)c3F)CC2)c(F)c1F. The average molecular weight is 513 g/mol. The minimum Gasteiger partial charge on any atom is -0.490 e. The molecule has 1 aliphatic rings. The minimum absolute atomic E-state index is 0.131. The second-order valence-corrected chi connectivity index (χ2v) is 9.24. The lowest BCUT2D eigenvalue weighted by Crippen LogP contribution is -2.25. The first-order valence-corrected chi connectivity index (χ1v) is 12.3. The first-order valence-electron chi connectivity index (χ1n) is 12.3. The van der Waals surface area contributed by atoms with Gasteiger partial charge in [-0.25, -0.2) is 18.0 Å². The molecule has 7 heteroatoms. The topological polar surface area (TPSA) is 35.5 Å². The number of aryl methyl sites for hydroxylation is 1. The zero-order valence-corrected chi connectivity index (χ0v) is 20.5. The zero-order chi connectivity index (χ0) is 26.5. The van der Waals surface area contributed by atoms with Gasteiger partial charge in [-0.1, -0.05) is 48.0 Å². The van der Waals surface area contributed by atoms with Crippen LogP contribution >= 0.6 is 0 Å². The lowest BCUT2D eigenvalue weighted by atomic mass is 9.82. The molecular weight excluding hydrogens is 484 g/mol. The van der Waals surface area contributed by atoms with E-state index in [-0.39, 0.29) is 23.8 Å². The number of carbonyl (C=O) groups excluding carboxylic acids is 1. The van der Waals surface area contributed by atoms with Crippen LogP contribution in [0.15, 0.2) is 61.2 Å². The van der Waals surface area contributed by atoms with E-state index in [9.17, 15) is 18.0 Å². The number of ether oxygens (including phenoxy) is 2. The maximum absolute atomic E-state index is 15.0. The molecule has 1 saturated carbocycles. The maximum atomic E-state index is 15.0. The zero-order valence-electron chi connectivity index (χ0n) is 20.5. The van der Waals surface area contributed by atoms with E-state index in [1.807, 2.05) is 19.1 Å². The summed E-state index contributed by atoms with van der Waals surface area (Å²) in [5.41, 5.74) is 1.60. The lowest BCUT2D eigenvalue weighted by molar-refractivity contribution is 0.0188. The van der Waals surface area contributed by atoms with E-state index in [1.165, 1.54) is 6.07 Å². The van der Waals surface area contributed by atoms with Gasteiger partial charge in [0.05, 0.1) is 12.2 Å². The van der Waals surface area contributed by atoms with E-state index in [1.54, 1.807) is 30.3 Å².